The normalized spacial score (nSPS) is 22.4. The Hall–Kier alpha value is 0.584. The molecule has 0 aromatic heterocycles. The SMILES string of the molecule is [Ti]=[C]1CCCCC1. The van der Waals surface area contributed by atoms with Crippen LogP contribution in [0.5, 0.6) is 0 Å². The zero-order valence-electron chi connectivity index (χ0n) is 4.54. The van der Waals surface area contributed by atoms with Crippen molar-refractivity contribution in [2.45, 2.75) is 32.1 Å². The van der Waals surface area contributed by atoms with E-state index < -0.39 is 0 Å². The molecule has 0 radical (unpaired) electrons. The zero-order chi connectivity index (χ0) is 5.11. The second-order valence-electron chi connectivity index (χ2n) is 2.16. The first-order valence-corrected chi connectivity index (χ1v) is 3.74. The molecule has 0 unspecified atom stereocenters. The Bertz CT molecular complexity index is 68.2. The monoisotopic (exact) mass is 130 g/mol. The fraction of sp³-hybridized carbons (Fsp3) is 0.833. The molecule has 0 N–H and O–H groups in total. The molecule has 0 saturated heterocycles. The third-order valence-corrected chi connectivity index (χ3v) is 2.24. The van der Waals surface area contributed by atoms with Gasteiger partial charge in [-0.25, -0.2) is 0 Å². The van der Waals surface area contributed by atoms with Gasteiger partial charge in [0.15, 0.2) is 0 Å². The molecule has 0 atom stereocenters. The standard InChI is InChI=1S/C6H10.Ti/c1-2-4-6-5-3-1;/h1-5H2;. The van der Waals surface area contributed by atoms with Crippen molar-refractivity contribution in [3.05, 3.63) is 0 Å². The molecule has 1 heteroatoms. The molecule has 0 spiro atoms. The first-order valence-electron chi connectivity index (χ1n) is 2.96. The fourth-order valence-electron chi connectivity index (χ4n) is 0.979. The summed E-state index contributed by atoms with van der Waals surface area (Å²) >= 11 is 2.28. The summed E-state index contributed by atoms with van der Waals surface area (Å²) in [6.45, 7) is 0. The molecule has 0 bridgehead atoms. The van der Waals surface area contributed by atoms with Gasteiger partial charge >= 0.3 is 55.9 Å². The molecule has 38 valence electrons. The van der Waals surface area contributed by atoms with Crippen LogP contribution in [0.15, 0.2) is 0 Å². The summed E-state index contributed by atoms with van der Waals surface area (Å²) in [6, 6.07) is 0. The van der Waals surface area contributed by atoms with Crippen LogP contribution >= 0.6 is 0 Å². The van der Waals surface area contributed by atoms with E-state index in [0.717, 1.165) is 0 Å². The third kappa shape index (κ3) is 1.88. The van der Waals surface area contributed by atoms with Crippen molar-refractivity contribution in [2.24, 2.45) is 0 Å². The van der Waals surface area contributed by atoms with E-state index in [1.807, 2.05) is 0 Å². The van der Waals surface area contributed by atoms with Crippen LogP contribution < -0.4 is 0 Å². The van der Waals surface area contributed by atoms with Crippen molar-refractivity contribution in [3.8, 4) is 0 Å². The van der Waals surface area contributed by atoms with Crippen LogP contribution in [0.1, 0.15) is 32.1 Å². The van der Waals surface area contributed by atoms with Gasteiger partial charge in [0.05, 0.1) is 0 Å². The van der Waals surface area contributed by atoms with Gasteiger partial charge in [-0.2, -0.15) is 0 Å². The maximum absolute atomic E-state index is 2.28. The summed E-state index contributed by atoms with van der Waals surface area (Å²) in [5.74, 6) is 0. The summed E-state index contributed by atoms with van der Waals surface area (Å²) in [5, 5.41) is 0. The summed E-state index contributed by atoms with van der Waals surface area (Å²) < 4.78 is 1.71. The van der Waals surface area contributed by atoms with Crippen LogP contribution in [0.25, 0.3) is 0 Å². The van der Waals surface area contributed by atoms with Gasteiger partial charge in [0.2, 0.25) is 0 Å². The molecule has 1 aliphatic carbocycles. The van der Waals surface area contributed by atoms with Gasteiger partial charge in [-0.1, -0.05) is 0 Å². The van der Waals surface area contributed by atoms with E-state index in [2.05, 4.69) is 20.0 Å². The van der Waals surface area contributed by atoms with E-state index in [4.69, 9.17) is 0 Å². The summed E-state index contributed by atoms with van der Waals surface area (Å²) in [4.78, 5) is 0. The first kappa shape index (κ1) is 5.72. The van der Waals surface area contributed by atoms with Crippen LogP contribution in [0.3, 0.4) is 0 Å². The minimum absolute atomic E-state index is 1.40. The summed E-state index contributed by atoms with van der Waals surface area (Å²) in [5.41, 5.74) is 0. The maximum atomic E-state index is 2.28. The van der Waals surface area contributed by atoms with Crippen molar-refractivity contribution in [1.82, 2.24) is 0 Å². The van der Waals surface area contributed by atoms with Crippen molar-refractivity contribution >= 4 is 3.81 Å². The van der Waals surface area contributed by atoms with Gasteiger partial charge in [0, 0.05) is 0 Å². The number of hydrogen-bond donors (Lipinski definition) is 0. The topological polar surface area (TPSA) is 0 Å². The second-order valence-corrected chi connectivity index (χ2v) is 3.27. The van der Waals surface area contributed by atoms with Crippen LogP contribution in [0.4, 0.5) is 0 Å². The second kappa shape index (κ2) is 2.79. The summed E-state index contributed by atoms with van der Waals surface area (Å²) in [6.07, 6.45) is 7.18. The zero-order valence-corrected chi connectivity index (χ0v) is 6.10. The van der Waals surface area contributed by atoms with Crippen LogP contribution in [0.2, 0.25) is 0 Å². The molecule has 1 rings (SSSR count). The predicted molar refractivity (Wildman–Crippen MR) is 28.1 cm³/mol. The molecule has 0 nitrogen and oxygen atoms in total. The van der Waals surface area contributed by atoms with Crippen molar-refractivity contribution < 1.29 is 20.0 Å². The Labute approximate surface area is 56.2 Å². The van der Waals surface area contributed by atoms with Crippen LogP contribution in [-0.2, 0) is 20.0 Å². The predicted octanol–water partition coefficient (Wildman–Crippen LogP) is 1.67. The number of hydrogen-bond acceptors (Lipinski definition) is 0. The van der Waals surface area contributed by atoms with E-state index in [0.29, 0.717) is 0 Å². The fourth-order valence-corrected chi connectivity index (χ4v) is 1.53. The molecule has 1 aliphatic rings. The molecule has 0 aliphatic heterocycles. The van der Waals surface area contributed by atoms with E-state index in [1.165, 1.54) is 32.1 Å². The molecule has 0 aromatic rings. The average Bonchev–Trinajstić information content (AvgIpc) is 1.69. The van der Waals surface area contributed by atoms with Gasteiger partial charge in [-0.3, -0.25) is 0 Å². The van der Waals surface area contributed by atoms with Crippen molar-refractivity contribution in [1.29, 1.82) is 0 Å². The van der Waals surface area contributed by atoms with E-state index in [1.54, 1.807) is 3.81 Å². The van der Waals surface area contributed by atoms with Gasteiger partial charge in [-0.05, 0) is 0 Å². The molecule has 0 aromatic carbocycles. The Morgan fingerprint density at radius 3 is 1.86 bits per heavy atom. The Kier molecular flexibility index (Phi) is 2.28. The Morgan fingerprint density at radius 2 is 1.57 bits per heavy atom. The molecule has 1 fully saturated rings. The first-order chi connectivity index (χ1) is 3.39. The van der Waals surface area contributed by atoms with E-state index in [-0.39, 0.29) is 0 Å². The van der Waals surface area contributed by atoms with Gasteiger partial charge in [0.25, 0.3) is 0 Å². The quantitative estimate of drug-likeness (QED) is 0.437. The number of rotatable bonds is 0. The van der Waals surface area contributed by atoms with E-state index in [9.17, 15) is 0 Å². The molecule has 0 heterocycles. The van der Waals surface area contributed by atoms with Gasteiger partial charge in [0.1, 0.15) is 0 Å². The van der Waals surface area contributed by atoms with Crippen LogP contribution in [0, 0.1) is 0 Å². The molecular weight excluding hydrogens is 120 g/mol. The molecular formula is C6H10Ti. The molecule has 0 amide bonds. The average molecular weight is 130 g/mol. The van der Waals surface area contributed by atoms with Crippen molar-refractivity contribution in [3.63, 3.8) is 0 Å². The van der Waals surface area contributed by atoms with Gasteiger partial charge in [-0.15, -0.1) is 0 Å². The van der Waals surface area contributed by atoms with Crippen LogP contribution in [-0.4, -0.2) is 3.81 Å². The molecule has 1 saturated carbocycles. The minimum atomic E-state index is 1.40. The third-order valence-electron chi connectivity index (χ3n) is 1.46. The Morgan fingerprint density at radius 1 is 1.00 bits per heavy atom. The Balaban J connectivity index is 2.25. The van der Waals surface area contributed by atoms with Crippen molar-refractivity contribution in [2.75, 3.05) is 0 Å². The van der Waals surface area contributed by atoms with Gasteiger partial charge < -0.3 is 0 Å². The molecule has 7 heavy (non-hydrogen) atoms. The summed E-state index contributed by atoms with van der Waals surface area (Å²) in [7, 11) is 0. The van der Waals surface area contributed by atoms with E-state index >= 15 is 0 Å².